The molecule has 3 aromatic rings. The van der Waals surface area contributed by atoms with E-state index in [0.29, 0.717) is 32.2 Å². The number of aliphatic hydroxyl groups is 1. The van der Waals surface area contributed by atoms with Crippen molar-refractivity contribution < 1.29 is 19.8 Å². The number of fused-ring (bicyclic) bond motifs is 1. The maximum atomic E-state index is 12.4. The van der Waals surface area contributed by atoms with Crippen LogP contribution < -0.4 is 5.32 Å². The van der Waals surface area contributed by atoms with Gasteiger partial charge in [0.2, 0.25) is 5.91 Å². The summed E-state index contributed by atoms with van der Waals surface area (Å²) in [5.41, 5.74) is 2.32. The van der Waals surface area contributed by atoms with Gasteiger partial charge in [0.25, 0.3) is 0 Å². The second-order valence-electron chi connectivity index (χ2n) is 7.73. The Morgan fingerprint density at radius 2 is 2.14 bits per heavy atom. The Kier molecular flexibility index (Phi) is 5.35. The summed E-state index contributed by atoms with van der Waals surface area (Å²) in [6, 6.07) is 7.83. The minimum Gasteiger partial charge on any atom is -0.478 e. The molecule has 2 aromatic heterocycles. The predicted molar refractivity (Wildman–Crippen MR) is 106 cm³/mol. The number of aromatic carboxylic acids is 1. The molecule has 1 aliphatic rings. The highest BCUT2D eigenvalue weighted by Gasteiger charge is 2.34. The third-order valence-electron chi connectivity index (χ3n) is 5.56. The third-order valence-corrected chi connectivity index (χ3v) is 5.56. The van der Waals surface area contributed by atoms with Gasteiger partial charge in [-0.2, -0.15) is 5.10 Å². The van der Waals surface area contributed by atoms with E-state index in [1.54, 1.807) is 4.68 Å². The molecule has 0 aliphatic heterocycles. The number of aromatic amines is 1. The highest BCUT2D eigenvalue weighted by Crippen LogP contribution is 2.27. The molecule has 0 spiro atoms. The third kappa shape index (κ3) is 4.48. The monoisotopic (exact) mass is 396 g/mol. The normalized spacial score (nSPS) is 21.5. The summed E-state index contributed by atoms with van der Waals surface area (Å²) in [5, 5.41) is 27.4. The van der Waals surface area contributed by atoms with Gasteiger partial charge in [0.15, 0.2) is 0 Å². The number of aromatic nitrogens is 3. The van der Waals surface area contributed by atoms with Crippen molar-refractivity contribution in [3.63, 3.8) is 0 Å². The number of aryl methyl sites for hydroxylation is 1. The number of carbonyl (C=O) groups is 2. The van der Waals surface area contributed by atoms with Crippen LogP contribution in [0.5, 0.6) is 0 Å². The molecular weight excluding hydrogens is 372 g/mol. The maximum Gasteiger partial charge on any atom is 0.338 e. The molecule has 4 rings (SSSR count). The molecule has 1 saturated carbocycles. The first kappa shape index (κ1) is 19.2. The van der Waals surface area contributed by atoms with Crippen molar-refractivity contribution >= 4 is 22.8 Å². The van der Waals surface area contributed by atoms with Crippen LogP contribution in [0, 0.1) is 5.92 Å². The number of H-pyrrole nitrogens is 1. The Labute approximate surface area is 167 Å². The van der Waals surface area contributed by atoms with E-state index >= 15 is 0 Å². The van der Waals surface area contributed by atoms with Crippen molar-refractivity contribution in [1.82, 2.24) is 20.1 Å². The van der Waals surface area contributed by atoms with Crippen LogP contribution in [0.25, 0.3) is 10.9 Å². The van der Waals surface area contributed by atoms with Crippen molar-refractivity contribution in [2.24, 2.45) is 5.92 Å². The van der Waals surface area contributed by atoms with Crippen LogP contribution in [0.2, 0.25) is 0 Å². The zero-order chi connectivity index (χ0) is 20.4. The molecule has 2 heterocycles. The number of hydrogen-bond acceptors (Lipinski definition) is 4. The number of carbonyl (C=O) groups excluding carboxylic acids is 1. The summed E-state index contributed by atoms with van der Waals surface area (Å²) in [6.45, 7) is 0.521. The summed E-state index contributed by atoms with van der Waals surface area (Å²) in [4.78, 5) is 26.5. The average Bonchev–Trinajstić information content (AvgIpc) is 3.41. The van der Waals surface area contributed by atoms with Crippen LogP contribution in [-0.4, -0.2) is 49.0 Å². The van der Waals surface area contributed by atoms with E-state index in [2.05, 4.69) is 21.5 Å². The van der Waals surface area contributed by atoms with E-state index in [1.807, 2.05) is 24.4 Å². The molecule has 1 fully saturated rings. The summed E-state index contributed by atoms with van der Waals surface area (Å²) in [6.07, 6.45) is 6.30. The zero-order valence-corrected chi connectivity index (χ0v) is 15.9. The van der Waals surface area contributed by atoms with Crippen LogP contribution in [0.4, 0.5) is 0 Å². The molecule has 8 heteroatoms. The van der Waals surface area contributed by atoms with E-state index in [1.165, 1.54) is 12.4 Å². The molecule has 4 N–H and O–H groups in total. The van der Waals surface area contributed by atoms with Gasteiger partial charge < -0.3 is 20.5 Å². The average molecular weight is 396 g/mol. The van der Waals surface area contributed by atoms with Crippen molar-refractivity contribution in [2.45, 2.75) is 44.4 Å². The smallest absolute Gasteiger partial charge is 0.338 e. The van der Waals surface area contributed by atoms with E-state index in [-0.39, 0.29) is 23.4 Å². The van der Waals surface area contributed by atoms with Gasteiger partial charge in [-0.3, -0.25) is 9.48 Å². The topological polar surface area (TPSA) is 120 Å². The van der Waals surface area contributed by atoms with Crippen LogP contribution in [0.15, 0.2) is 42.9 Å². The zero-order valence-electron chi connectivity index (χ0n) is 15.9. The fraction of sp³-hybridized carbons (Fsp3) is 0.381. The van der Waals surface area contributed by atoms with Gasteiger partial charge in [0, 0.05) is 30.9 Å². The minimum absolute atomic E-state index is 0.0730. The molecule has 3 atom stereocenters. The molecule has 1 aromatic carbocycles. The van der Waals surface area contributed by atoms with Gasteiger partial charge in [-0.15, -0.1) is 0 Å². The second kappa shape index (κ2) is 8.08. The molecule has 1 unspecified atom stereocenters. The van der Waals surface area contributed by atoms with Gasteiger partial charge in [0.05, 0.1) is 23.9 Å². The number of aliphatic hydroxyl groups excluding tert-OH is 1. The number of amides is 1. The molecule has 1 amide bonds. The number of hydrogen-bond donors (Lipinski definition) is 4. The van der Waals surface area contributed by atoms with Crippen molar-refractivity contribution in [2.75, 3.05) is 0 Å². The van der Waals surface area contributed by atoms with Crippen LogP contribution >= 0.6 is 0 Å². The summed E-state index contributed by atoms with van der Waals surface area (Å²) in [7, 11) is 0. The van der Waals surface area contributed by atoms with Crippen LogP contribution in [-0.2, 0) is 17.8 Å². The first-order valence-electron chi connectivity index (χ1n) is 9.77. The number of rotatable bonds is 7. The lowest BCUT2D eigenvalue weighted by Crippen LogP contribution is -2.40. The highest BCUT2D eigenvalue weighted by molar-refractivity contribution is 5.86. The van der Waals surface area contributed by atoms with E-state index in [9.17, 15) is 14.7 Å². The fourth-order valence-corrected chi connectivity index (χ4v) is 4.06. The molecule has 152 valence electrons. The van der Waals surface area contributed by atoms with Gasteiger partial charge in [-0.25, -0.2) is 4.79 Å². The lowest BCUT2D eigenvalue weighted by atomic mass is 10.1. The summed E-state index contributed by atoms with van der Waals surface area (Å²) in [5.74, 6) is -0.951. The first-order chi connectivity index (χ1) is 14.0. The number of carboxylic acids is 1. The second-order valence-corrected chi connectivity index (χ2v) is 7.73. The van der Waals surface area contributed by atoms with Gasteiger partial charge in [-0.1, -0.05) is 6.07 Å². The van der Waals surface area contributed by atoms with E-state index in [4.69, 9.17) is 5.11 Å². The minimum atomic E-state index is -1.01. The Hall–Kier alpha value is -3.13. The Bertz CT molecular complexity index is 1020. The lowest BCUT2D eigenvalue weighted by molar-refractivity contribution is -0.122. The van der Waals surface area contributed by atoms with Crippen LogP contribution in [0.1, 0.15) is 35.2 Å². The molecule has 0 radical (unpaired) electrons. The number of nitrogens with one attached hydrogen (secondary N) is 2. The molecule has 0 bridgehead atoms. The van der Waals surface area contributed by atoms with E-state index < -0.39 is 12.1 Å². The van der Waals surface area contributed by atoms with E-state index in [0.717, 1.165) is 16.5 Å². The highest BCUT2D eigenvalue weighted by atomic mass is 16.4. The van der Waals surface area contributed by atoms with Crippen molar-refractivity contribution in [3.8, 4) is 0 Å². The quantitative estimate of drug-likeness (QED) is 0.487. The van der Waals surface area contributed by atoms with Crippen molar-refractivity contribution in [1.29, 1.82) is 0 Å². The fourth-order valence-electron chi connectivity index (χ4n) is 4.06. The molecule has 1 aliphatic carbocycles. The molecule has 29 heavy (non-hydrogen) atoms. The number of carboxylic acid groups (broad SMARTS) is 1. The predicted octanol–water partition coefficient (Wildman–Crippen LogP) is 1.95. The van der Waals surface area contributed by atoms with Crippen LogP contribution in [0.3, 0.4) is 0 Å². The SMILES string of the molecule is O=C(CCc1ccc2[nH]ccc2c1)N[C@@H]1CC(Cn2cc(C(=O)O)cn2)C[C@H]1O. The van der Waals surface area contributed by atoms with Gasteiger partial charge in [0.1, 0.15) is 0 Å². The largest absolute Gasteiger partial charge is 0.478 e. The molecule has 8 nitrogen and oxygen atoms in total. The summed E-state index contributed by atoms with van der Waals surface area (Å²) < 4.78 is 1.59. The van der Waals surface area contributed by atoms with Crippen molar-refractivity contribution in [3.05, 3.63) is 54.0 Å². The summed E-state index contributed by atoms with van der Waals surface area (Å²) >= 11 is 0. The number of benzene rings is 1. The lowest BCUT2D eigenvalue weighted by Gasteiger charge is -2.16. The Balaban J connectivity index is 1.27. The Morgan fingerprint density at radius 1 is 1.28 bits per heavy atom. The molecular formula is C21H24N4O4. The molecule has 0 saturated heterocycles. The van der Waals surface area contributed by atoms with Gasteiger partial charge in [-0.05, 0) is 54.3 Å². The van der Waals surface area contributed by atoms with Gasteiger partial charge >= 0.3 is 5.97 Å². The standard InChI is InChI=1S/C21H24N4O4/c26-19-9-14(11-25-12-16(10-23-25)21(28)29)8-18(19)24-20(27)4-2-13-1-3-17-15(7-13)5-6-22-17/h1,3,5-7,10,12,14,18-19,22,26H,2,4,8-9,11H2,(H,24,27)(H,28,29)/t14?,18-,19-/m1/s1. The maximum absolute atomic E-state index is 12.4. The first-order valence-corrected chi connectivity index (χ1v) is 9.77. The Morgan fingerprint density at radius 3 is 2.93 bits per heavy atom. The number of nitrogens with zero attached hydrogens (tertiary/aromatic N) is 2.